The van der Waals surface area contributed by atoms with E-state index in [1.165, 1.54) is 0 Å². The van der Waals surface area contributed by atoms with Crippen LogP contribution >= 0.6 is 27.5 Å². The van der Waals surface area contributed by atoms with Gasteiger partial charge in [-0.2, -0.15) is 5.10 Å². The highest BCUT2D eigenvalue weighted by atomic mass is 79.9. The molecule has 7 heteroatoms. The fraction of sp³-hybridized carbons (Fsp3) is 0.273. The summed E-state index contributed by atoms with van der Waals surface area (Å²) in [6.45, 7) is 1.23. The van der Waals surface area contributed by atoms with Gasteiger partial charge in [0.05, 0.1) is 35.7 Å². The van der Waals surface area contributed by atoms with E-state index in [0.29, 0.717) is 18.2 Å². The fourth-order valence-electron chi connectivity index (χ4n) is 1.44. The summed E-state index contributed by atoms with van der Waals surface area (Å²) in [7, 11) is 0. The van der Waals surface area contributed by atoms with Crippen LogP contribution in [-0.4, -0.2) is 26.5 Å². The molecule has 2 heterocycles. The molecule has 2 aromatic heterocycles. The van der Waals surface area contributed by atoms with Crippen molar-refractivity contribution in [3.05, 3.63) is 39.8 Å². The number of aliphatic hydroxyl groups is 1. The number of rotatable bonds is 5. The second-order valence-corrected chi connectivity index (χ2v) is 4.90. The van der Waals surface area contributed by atoms with Crippen LogP contribution in [0.2, 0.25) is 5.15 Å². The SMILES string of the molecule is OCCn1cc(CNc2cnc(Cl)c(Br)c2)cn1. The van der Waals surface area contributed by atoms with E-state index in [4.69, 9.17) is 16.7 Å². The molecule has 0 fully saturated rings. The molecule has 5 nitrogen and oxygen atoms in total. The molecule has 0 atom stereocenters. The summed E-state index contributed by atoms with van der Waals surface area (Å²) >= 11 is 9.13. The van der Waals surface area contributed by atoms with Crippen molar-refractivity contribution in [2.24, 2.45) is 0 Å². The molecule has 0 saturated carbocycles. The van der Waals surface area contributed by atoms with Gasteiger partial charge < -0.3 is 10.4 Å². The number of nitrogens with one attached hydrogen (secondary N) is 1. The van der Waals surface area contributed by atoms with Crippen molar-refractivity contribution in [1.29, 1.82) is 0 Å². The molecule has 96 valence electrons. The normalized spacial score (nSPS) is 10.6. The van der Waals surface area contributed by atoms with Crippen LogP contribution in [0.4, 0.5) is 5.69 Å². The van der Waals surface area contributed by atoms with Crippen LogP contribution < -0.4 is 5.32 Å². The van der Waals surface area contributed by atoms with Gasteiger partial charge in [-0.1, -0.05) is 11.6 Å². The second kappa shape index (κ2) is 6.17. The Balaban J connectivity index is 1.95. The Morgan fingerprint density at radius 3 is 3.00 bits per heavy atom. The molecule has 0 aliphatic heterocycles. The topological polar surface area (TPSA) is 63.0 Å². The van der Waals surface area contributed by atoms with E-state index in [2.05, 4.69) is 31.3 Å². The first kappa shape index (κ1) is 13.3. The minimum absolute atomic E-state index is 0.0859. The van der Waals surface area contributed by atoms with Gasteiger partial charge >= 0.3 is 0 Å². The molecule has 0 aromatic carbocycles. The van der Waals surface area contributed by atoms with Gasteiger partial charge in [-0.05, 0) is 22.0 Å². The number of hydrogen-bond acceptors (Lipinski definition) is 4. The van der Waals surface area contributed by atoms with Crippen LogP contribution in [0.25, 0.3) is 0 Å². The van der Waals surface area contributed by atoms with Crippen LogP contribution in [0, 0.1) is 0 Å². The van der Waals surface area contributed by atoms with Gasteiger partial charge in [0.2, 0.25) is 0 Å². The lowest BCUT2D eigenvalue weighted by Gasteiger charge is -2.05. The first-order valence-corrected chi connectivity index (χ1v) is 6.53. The number of hydrogen-bond donors (Lipinski definition) is 2. The van der Waals surface area contributed by atoms with Gasteiger partial charge in [-0.15, -0.1) is 0 Å². The van der Waals surface area contributed by atoms with Gasteiger partial charge in [0.15, 0.2) is 0 Å². The summed E-state index contributed by atoms with van der Waals surface area (Å²) in [6, 6.07) is 1.87. The van der Waals surface area contributed by atoms with Crippen LogP contribution in [0.15, 0.2) is 29.1 Å². The van der Waals surface area contributed by atoms with E-state index in [-0.39, 0.29) is 6.61 Å². The lowest BCUT2D eigenvalue weighted by molar-refractivity contribution is 0.269. The molecule has 0 radical (unpaired) electrons. The van der Waals surface area contributed by atoms with E-state index in [9.17, 15) is 0 Å². The molecule has 2 rings (SSSR count). The van der Waals surface area contributed by atoms with Crippen molar-refractivity contribution in [1.82, 2.24) is 14.8 Å². The van der Waals surface area contributed by atoms with Crippen LogP contribution in [-0.2, 0) is 13.1 Å². The summed E-state index contributed by atoms with van der Waals surface area (Å²) in [6.07, 6.45) is 5.33. The minimum atomic E-state index is 0.0859. The van der Waals surface area contributed by atoms with Crippen molar-refractivity contribution >= 4 is 33.2 Å². The number of aliphatic hydroxyl groups excluding tert-OH is 1. The average Bonchev–Trinajstić information content (AvgIpc) is 2.79. The third-order valence-electron chi connectivity index (χ3n) is 2.31. The van der Waals surface area contributed by atoms with Gasteiger partial charge in [-0.3, -0.25) is 4.68 Å². The van der Waals surface area contributed by atoms with Crippen molar-refractivity contribution in [2.75, 3.05) is 11.9 Å². The van der Waals surface area contributed by atoms with Crippen LogP contribution in [0.1, 0.15) is 5.56 Å². The van der Waals surface area contributed by atoms with Gasteiger partial charge in [0, 0.05) is 18.3 Å². The standard InChI is InChI=1S/C11H12BrClN4O/c12-10-3-9(6-15-11(10)13)14-4-8-5-16-17(7-8)1-2-18/h3,5-7,14,18H,1-2,4H2. The molecule has 0 bridgehead atoms. The van der Waals surface area contributed by atoms with Crippen LogP contribution in [0.5, 0.6) is 0 Å². The lowest BCUT2D eigenvalue weighted by atomic mass is 10.3. The Bertz CT molecular complexity index is 532. The zero-order chi connectivity index (χ0) is 13.0. The molecule has 0 aliphatic carbocycles. The zero-order valence-corrected chi connectivity index (χ0v) is 11.8. The average molecular weight is 332 g/mol. The number of nitrogens with zero attached hydrogens (tertiary/aromatic N) is 3. The van der Waals surface area contributed by atoms with Crippen molar-refractivity contribution in [2.45, 2.75) is 13.1 Å². The Labute approximate surface area is 118 Å². The maximum atomic E-state index is 8.79. The first-order chi connectivity index (χ1) is 8.69. The highest BCUT2D eigenvalue weighted by molar-refractivity contribution is 9.10. The zero-order valence-electron chi connectivity index (χ0n) is 9.48. The van der Waals surface area contributed by atoms with Crippen molar-refractivity contribution in [3.8, 4) is 0 Å². The van der Waals surface area contributed by atoms with Crippen LogP contribution in [0.3, 0.4) is 0 Å². The molecule has 0 amide bonds. The van der Waals surface area contributed by atoms with E-state index in [0.717, 1.165) is 15.7 Å². The third-order valence-corrected chi connectivity index (χ3v) is 3.44. The maximum Gasteiger partial charge on any atom is 0.143 e. The predicted octanol–water partition coefficient (Wildman–Crippen LogP) is 2.30. The summed E-state index contributed by atoms with van der Waals surface area (Å²) < 4.78 is 2.46. The smallest absolute Gasteiger partial charge is 0.143 e. The van der Waals surface area contributed by atoms with E-state index >= 15 is 0 Å². The van der Waals surface area contributed by atoms with Crippen molar-refractivity contribution < 1.29 is 5.11 Å². The minimum Gasteiger partial charge on any atom is -0.394 e. The predicted molar refractivity (Wildman–Crippen MR) is 73.6 cm³/mol. The van der Waals surface area contributed by atoms with Gasteiger partial charge in [0.25, 0.3) is 0 Å². The summed E-state index contributed by atoms with van der Waals surface area (Å²) in [5.41, 5.74) is 1.91. The Morgan fingerprint density at radius 1 is 1.44 bits per heavy atom. The highest BCUT2D eigenvalue weighted by Crippen LogP contribution is 2.23. The first-order valence-electron chi connectivity index (χ1n) is 5.36. The second-order valence-electron chi connectivity index (χ2n) is 3.69. The molecule has 2 aromatic rings. The monoisotopic (exact) mass is 330 g/mol. The largest absolute Gasteiger partial charge is 0.394 e. The molecular weight excluding hydrogens is 320 g/mol. The number of anilines is 1. The number of pyridine rings is 1. The highest BCUT2D eigenvalue weighted by Gasteiger charge is 2.02. The van der Waals surface area contributed by atoms with E-state index < -0.39 is 0 Å². The summed E-state index contributed by atoms with van der Waals surface area (Å²) in [5, 5.41) is 16.6. The van der Waals surface area contributed by atoms with Gasteiger partial charge in [0.1, 0.15) is 5.15 Å². The Kier molecular flexibility index (Phi) is 4.57. The summed E-state index contributed by atoms with van der Waals surface area (Å²) in [5.74, 6) is 0. The molecular formula is C11H12BrClN4O. The fourth-order valence-corrected chi connectivity index (χ4v) is 1.90. The molecule has 0 saturated heterocycles. The Hall–Kier alpha value is -1.11. The molecule has 2 N–H and O–H groups in total. The Morgan fingerprint density at radius 2 is 2.28 bits per heavy atom. The van der Waals surface area contributed by atoms with Gasteiger partial charge in [-0.25, -0.2) is 4.98 Å². The number of aromatic nitrogens is 3. The van der Waals surface area contributed by atoms with Crippen molar-refractivity contribution in [3.63, 3.8) is 0 Å². The van der Waals surface area contributed by atoms with E-state index in [1.807, 2.05) is 12.3 Å². The van der Waals surface area contributed by atoms with E-state index in [1.54, 1.807) is 17.1 Å². The third kappa shape index (κ3) is 3.44. The summed E-state index contributed by atoms with van der Waals surface area (Å²) in [4.78, 5) is 4.03. The lowest BCUT2D eigenvalue weighted by Crippen LogP contribution is -2.02. The molecule has 0 aliphatic rings. The molecule has 0 spiro atoms. The quantitative estimate of drug-likeness (QED) is 0.825. The molecule has 0 unspecified atom stereocenters. The maximum absolute atomic E-state index is 8.79. The molecule has 18 heavy (non-hydrogen) atoms. The number of halogens is 2.